The maximum Gasteiger partial charge on any atom is 0.0562 e. The predicted molar refractivity (Wildman–Crippen MR) is 74.8 cm³/mol. The van der Waals surface area contributed by atoms with Crippen molar-refractivity contribution in [3.63, 3.8) is 0 Å². The van der Waals surface area contributed by atoms with Crippen LogP contribution in [0.3, 0.4) is 0 Å². The van der Waals surface area contributed by atoms with Gasteiger partial charge in [0.2, 0.25) is 0 Å². The summed E-state index contributed by atoms with van der Waals surface area (Å²) in [5, 5.41) is 3.53. The van der Waals surface area contributed by atoms with E-state index in [1.54, 1.807) is 0 Å². The van der Waals surface area contributed by atoms with Crippen LogP contribution in [-0.4, -0.2) is 23.1 Å². The molecule has 3 nitrogen and oxygen atoms in total. The Bertz CT molecular complexity index is 424. The first kappa shape index (κ1) is 12.0. The van der Waals surface area contributed by atoms with Crippen LogP contribution in [0.15, 0.2) is 18.3 Å². The van der Waals surface area contributed by atoms with Gasteiger partial charge in [-0.2, -0.15) is 0 Å². The van der Waals surface area contributed by atoms with Crippen molar-refractivity contribution in [1.82, 2.24) is 10.3 Å². The first-order chi connectivity index (χ1) is 8.65. The standard InChI is InChI=1S/C15H23N3/c1-15(2)7-3-9-18(15)14-6-8-16-13(10-14)11-17-12-4-5-12/h6,8,10,12,17H,3-5,7,9,11H2,1-2H3. The average Bonchev–Trinajstić information content (AvgIpc) is 3.10. The number of aromatic nitrogens is 1. The highest BCUT2D eigenvalue weighted by Gasteiger charge is 2.32. The summed E-state index contributed by atoms with van der Waals surface area (Å²) in [6.45, 7) is 6.75. The van der Waals surface area contributed by atoms with Crippen LogP contribution in [0.5, 0.6) is 0 Å². The molecule has 1 aromatic heterocycles. The molecule has 0 bridgehead atoms. The third kappa shape index (κ3) is 2.51. The summed E-state index contributed by atoms with van der Waals surface area (Å²) in [5.41, 5.74) is 2.80. The maximum atomic E-state index is 4.47. The SMILES string of the molecule is CC1(C)CCCN1c1ccnc(CNC2CC2)c1. The van der Waals surface area contributed by atoms with Gasteiger partial charge in [0.1, 0.15) is 0 Å². The van der Waals surface area contributed by atoms with Crippen LogP contribution >= 0.6 is 0 Å². The van der Waals surface area contributed by atoms with Gasteiger partial charge in [0.15, 0.2) is 0 Å². The van der Waals surface area contributed by atoms with Gasteiger partial charge < -0.3 is 10.2 Å². The van der Waals surface area contributed by atoms with Gasteiger partial charge in [0.05, 0.1) is 5.69 Å². The third-order valence-corrected chi connectivity index (χ3v) is 4.16. The second-order valence-corrected chi connectivity index (χ2v) is 6.23. The normalized spacial score (nSPS) is 22.4. The van der Waals surface area contributed by atoms with Crippen molar-refractivity contribution in [2.45, 2.75) is 57.7 Å². The fourth-order valence-corrected chi connectivity index (χ4v) is 2.85. The summed E-state index contributed by atoms with van der Waals surface area (Å²) < 4.78 is 0. The Balaban J connectivity index is 1.73. The number of rotatable bonds is 4. The molecule has 0 atom stereocenters. The van der Waals surface area contributed by atoms with Gasteiger partial charge in [-0.15, -0.1) is 0 Å². The average molecular weight is 245 g/mol. The third-order valence-electron chi connectivity index (χ3n) is 4.16. The summed E-state index contributed by atoms with van der Waals surface area (Å²) >= 11 is 0. The van der Waals surface area contributed by atoms with Gasteiger partial charge >= 0.3 is 0 Å². The second-order valence-electron chi connectivity index (χ2n) is 6.23. The molecule has 0 unspecified atom stereocenters. The van der Waals surface area contributed by atoms with Crippen molar-refractivity contribution in [3.8, 4) is 0 Å². The van der Waals surface area contributed by atoms with E-state index in [9.17, 15) is 0 Å². The molecule has 0 aromatic carbocycles. The number of pyridine rings is 1. The number of nitrogens with one attached hydrogen (secondary N) is 1. The van der Waals surface area contributed by atoms with Crippen molar-refractivity contribution >= 4 is 5.69 Å². The summed E-state index contributed by atoms with van der Waals surface area (Å²) in [6, 6.07) is 5.15. The molecule has 1 aliphatic carbocycles. The van der Waals surface area contributed by atoms with Crippen LogP contribution in [0.2, 0.25) is 0 Å². The lowest BCUT2D eigenvalue weighted by Crippen LogP contribution is -2.38. The number of nitrogens with zero attached hydrogens (tertiary/aromatic N) is 2. The van der Waals surface area contributed by atoms with E-state index in [2.05, 4.69) is 41.2 Å². The topological polar surface area (TPSA) is 28.2 Å². The van der Waals surface area contributed by atoms with Crippen LogP contribution in [0.4, 0.5) is 5.69 Å². The number of hydrogen-bond acceptors (Lipinski definition) is 3. The first-order valence-corrected chi connectivity index (χ1v) is 7.11. The summed E-state index contributed by atoms with van der Waals surface area (Å²) in [4.78, 5) is 6.99. The lowest BCUT2D eigenvalue weighted by molar-refractivity contribution is 0.517. The molecule has 0 spiro atoms. The van der Waals surface area contributed by atoms with Crippen LogP contribution in [0, 0.1) is 0 Å². The molecular weight excluding hydrogens is 222 g/mol. The lowest BCUT2D eigenvalue weighted by Gasteiger charge is -2.33. The molecule has 0 amide bonds. The van der Waals surface area contributed by atoms with E-state index < -0.39 is 0 Å². The fourth-order valence-electron chi connectivity index (χ4n) is 2.85. The van der Waals surface area contributed by atoms with E-state index in [0.717, 1.165) is 12.6 Å². The lowest BCUT2D eigenvalue weighted by atomic mass is 10.0. The molecular formula is C15H23N3. The summed E-state index contributed by atoms with van der Waals surface area (Å²) in [5.74, 6) is 0. The molecule has 18 heavy (non-hydrogen) atoms. The van der Waals surface area contributed by atoms with Crippen molar-refractivity contribution in [2.75, 3.05) is 11.4 Å². The minimum Gasteiger partial charge on any atom is -0.366 e. The molecule has 0 radical (unpaired) electrons. The molecule has 2 aliphatic rings. The Morgan fingerprint density at radius 1 is 1.44 bits per heavy atom. The van der Waals surface area contributed by atoms with Gasteiger partial charge in [-0.25, -0.2) is 0 Å². The number of hydrogen-bond donors (Lipinski definition) is 1. The van der Waals surface area contributed by atoms with Crippen LogP contribution in [0.25, 0.3) is 0 Å². The Morgan fingerprint density at radius 3 is 2.94 bits per heavy atom. The van der Waals surface area contributed by atoms with E-state index in [4.69, 9.17) is 0 Å². The minimum atomic E-state index is 0.294. The zero-order valence-corrected chi connectivity index (χ0v) is 11.4. The van der Waals surface area contributed by atoms with Gasteiger partial charge in [-0.3, -0.25) is 4.98 Å². The zero-order chi connectivity index (χ0) is 12.6. The van der Waals surface area contributed by atoms with E-state index in [1.165, 1.54) is 43.6 Å². The quantitative estimate of drug-likeness (QED) is 0.884. The Morgan fingerprint density at radius 2 is 2.28 bits per heavy atom. The van der Waals surface area contributed by atoms with E-state index in [1.807, 2.05) is 6.20 Å². The van der Waals surface area contributed by atoms with Crippen LogP contribution < -0.4 is 10.2 Å². The first-order valence-electron chi connectivity index (χ1n) is 7.11. The highest BCUT2D eigenvalue weighted by Crippen LogP contribution is 2.33. The maximum absolute atomic E-state index is 4.47. The van der Waals surface area contributed by atoms with Gasteiger partial charge in [-0.05, 0) is 51.7 Å². The fraction of sp³-hybridized carbons (Fsp3) is 0.667. The molecule has 1 aromatic rings. The zero-order valence-electron chi connectivity index (χ0n) is 11.4. The molecule has 3 rings (SSSR count). The van der Waals surface area contributed by atoms with Gasteiger partial charge in [-0.1, -0.05) is 0 Å². The van der Waals surface area contributed by atoms with Crippen LogP contribution in [-0.2, 0) is 6.54 Å². The number of anilines is 1. The molecule has 2 heterocycles. The highest BCUT2D eigenvalue weighted by molar-refractivity contribution is 5.50. The van der Waals surface area contributed by atoms with Crippen molar-refractivity contribution in [3.05, 3.63) is 24.0 Å². The second kappa shape index (κ2) is 4.54. The smallest absolute Gasteiger partial charge is 0.0562 e. The van der Waals surface area contributed by atoms with Gasteiger partial charge in [0.25, 0.3) is 0 Å². The molecule has 3 heteroatoms. The van der Waals surface area contributed by atoms with Crippen molar-refractivity contribution in [1.29, 1.82) is 0 Å². The predicted octanol–water partition coefficient (Wildman–Crippen LogP) is 2.71. The molecule has 1 N–H and O–H groups in total. The molecule has 1 saturated carbocycles. The molecule has 98 valence electrons. The largest absolute Gasteiger partial charge is 0.366 e. The van der Waals surface area contributed by atoms with E-state index >= 15 is 0 Å². The van der Waals surface area contributed by atoms with Crippen LogP contribution in [0.1, 0.15) is 45.2 Å². The Kier molecular flexibility index (Phi) is 3.02. The molecule has 1 aliphatic heterocycles. The van der Waals surface area contributed by atoms with Crippen molar-refractivity contribution < 1.29 is 0 Å². The van der Waals surface area contributed by atoms with Crippen molar-refractivity contribution in [2.24, 2.45) is 0 Å². The summed E-state index contributed by atoms with van der Waals surface area (Å²) in [6.07, 6.45) is 7.20. The highest BCUT2D eigenvalue weighted by atomic mass is 15.2. The monoisotopic (exact) mass is 245 g/mol. The minimum absolute atomic E-state index is 0.294. The molecule has 1 saturated heterocycles. The van der Waals surface area contributed by atoms with Gasteiger partial charge in [0, 0.05) is 36.6 Å². The summed E-state index contributed by atoms with van der Waals surface area (Å²) in [7, 11) is 0. The van der Waals surface area contributed by atoms with E-state index in [0.29, 0.717) is 5.54 Å². The van der Waals surface area contributed by atoms with E-state index in [-0.39, 0.29) is 0 Å². The Hall–Kier alpha value is -1.09. The molecule has 2 fully saturated rings. The Labute approximate surface area is 110 Å².